The molecule has 1 unspecified atom stereocenters. The molecule has 1 aromatic rings. The van der Waals surface area contributed by atoms with E-state index in [-0.39, 0.29) is 17.7 Å². The summed E-state index contributed by atoms with van der Waals surface area (Å²) < 4.78 is 0. The minimum Gasteiger partial charge on any atom is -0.350 e. The quantitative estimate of drug-likeness (QED) is 0.873. The van der Waals surface area contributed by atoms with Crippen LogP contribution >= 0.6 is 0 Å². The number of carbonyl (C=O) groups excluding carboxylic acids is 2. The smallest absolute Gasteiger partial charge is 0.243 e. The molecule has 0 saturated heterocycles. The topological polar surface area (TPSA) is 58.2 Å². The Morgan fingerprint density at radius 2 is 1.81 bits per heavy atom. The first-order valence-electron chi connectivity index (χ1n) is 7.66. The number of nitrogens with one attached hydrogen (secondary N) is 2. The van der Waals surface area contributed by atoms with Gasteiger partial charge in [0.2, 0.25) is 11.8 Å². The van der Waals surface area contributed by atoms with E-state index in [0.29, 0.717) is 6.54 Å². The highest BCUT2D eigenvalue weighted by Gasteiger charge is 2.30. The van der Waals surface area contributed by atoms with Crippen molar-refractivity contribution >= 4 is 11.8 Å². The molecule has 0 spiro atoms. The van der Waals surface area contributed by atoms with E-state index in [0.717, 1.165) is 31.2 Å². The van der Waals surface area contributed by atoms with Gasteiger partial charge in [0.15, 0.2) is 0 Å². The first kappa shape index (κ1) is 15.5. The highest BCUT2D eigenvalue weighted by molar-refractivity contribution is 5.87. The summed E-state index contributed by atoms with van der Waals surface area (Å²) in [5.41, 5.74) is 2.27. The van der Waals surface area contributed by atoms with Gasteiger partial charge >= 0.3 is 0 Å². The summed E-state index contributed by atoms with van der Waals surface area (Å²) in [6.45, 7) is 4.01. The van der Waals surface area contributed by atoms with E-state index in [4.69, 9.17) is 0 Å². The third-order valence-corrected chi connectivity index (χ3v) is 4.10. The zero-order valence-corrected chi connectivity index (χ0v) is 12.8. The van der Waals surface area contributed by atoms with E-state index >= 15 is 0 Å². The molecule has 4 heteroatoms. The van der Waals surface area contributed by atoms with Crippen molar-refractivity contribution in [2.45, 2.75) is 52.1 Å². The summed E-state index contributed by atoms with van der Waals surface area (Å²) in [5, 5.41) is 5.76. The van der Waals surface area contributed by atoms with Crippen molar-refractivity contribution in [3.8, 4) is 0 Å². The Balaban J connectivity index is 1.94. The van der Waals surface area contributed by atoms with Crippen molar-refractivity contribution in [2.24, 2.45) is 5.92 Å². The molecule has 0 radical (unpaired) electrons. The second-order valence-corrected chi connectivity index (χ2v) is 5.93. The van der Waals surface area contributed by atoms with E-state index < -0.39 is 6.04 Å². The van der Waals surface area contributed by atoms with Gasteiger partial charge in [-0.15, -0.1) is 0 Å². The molecule has 114 valence electrons. The molecule has 4 nitrogen and oxygen atoms in total. The molecule has 2 rings (SSSR count). The Morgan fingerprint density at radius 3 is 2.38 bits per heavy atom. The summed E-state index contributed by atoms with van der Waals surface area (Å²) in [6, 6.07) is 7.69. The Bertz CT molecular complexity index is 490. The maximum Gasteiger partial charge on any atom is 0.243 e. The van der Waals surface area contributed by atoms with Crippen LogP contribution in [0.5, 0.6) is 0 Å². The summed E-state index contributed by atoms with van der Waals surface area (Å²) >= 11 is 0. The van der Waals surface area contributed by atoms with Crippen LogP contribution in [0, 0.1) is 12.8 Å². The maximum absolute atomic E-state index is 12.4. The van der Waals surface area contributed by atoms with Crippen molar-refractivity contribution in [2.75, 3.05) is 0 Å². The lowest BCUT2D eigenvalue weighted by molar-refractivity contribution is -0.129. The molecule has 0 aliphatic heterocycles. The largest absolute Gasteiger partial charge is 0.350 e. The minimum atomic E-state index is -0.393. The highest BCUT2D eigenvalue weighted by atomic mass is 16.2. The summed E-state index contributed by atoms with van der Waals surface area (Å²) in [5.74, 6) is 0.0574. The third kappa shape index (κ3) is 4.59. The number of benzene rings is 1. The molecule has 0 aromatic heterocycles. The van der Waals surface area contributed by atoms with Crippen LogP contribution in [-0.4, -0.2) is 17.9 Å². The van der Waals surface area contributed by atoms with Gasteiger partial charge in [-0.2, -0.15) is 0 Å². The predicted molar refractivity (Wildman–Crippen MR) is 82.6 cm³/mol. The Labute approximate surface area is 126 Å². The van der Waals surface area contributed by atoms with Gasteiger partial charge in [-0.3, -0.25) is 9.59 Å². The Kier molecular flexibility index (Phi) is 5.37. The van der Waals surface area contributed by atoms with Crippen LogP contribution in [0.3, 0.4) is 0 Å². The molecular weight excluding hydrogens is 264 g/mol. The van der Waals surface area contributed by atoms with Gasteiger partial charge in [-0.05, 0) is 31.2 Å². The van der Waals surface area contributed by atoms with E-state index in [1.165, 1.54) is 12.5 Å². The molecule has 1 aliphatic carbocycles. The average Bonchev–Trinajstić information content (AvgIpc) is 2.97. The van der Waals surface area contributed by atoms with Gasteiger partial charge in [-0.1, -0.05) is 42.7 Å². The lowest BCUT2D eigenvalue weighted by atomic mass is 9.97. The molecule has 1 atom stereocenters. The second-order valence-electron chi connectivity index (χ2n) is 5.93. The molecule has 0 bridgehead atoms. The van der Waals surface area contributed by atoms with Crippen LogP contribution in [0.15, 0.2) is 24.3 Å². The van der Waals surface area contributed by atoms with Crippen molar-refractivity contribution in [1.82, 2.24) is 10.6 Å². The van der Waals surface area contributed by atoms with E-state index in [9.17, 15) is 9.59 Å². The lowest BCUT2D eigenvalue weighted by Crippen LogP contribution is -2.49. The minimum absolute atomic E-state index is 0.0716. The van der Waals surface area contributed by atoms with Crippen LogP contribution in [0.1, 0.15) is 43.7 Å². The molecule has 1 aromatic carbocycles. The molecule has 0 heterocycles. The second kappa shape index (κ2) is 7.25. The normalized spacial score (nSPS) is 16.5. The molecular formula is C17H24N2O2. The predicted octanol–water partition coefficient (Wildman–Crippen LogP) is 2.31. The van der Waals surface area contributed by atoms with E-state index in [2.05, 4.69) is 10.6 Å². The number of hydrogen-bond donors (Lipinski definition) is 2. The summed E-state index contributed by atoms with van der Waals surface area (Å²) in [4.78, 5) is 23.7. The van der Waals surface area contributed by atoms with Crippen LogP contribution < -0.4 is 10.6 Å². The first-order chi connectivity index (χ1) is 10.1. The van der Waals surface area contributed by atoms with Gasteiger partial charge in [0.25, 0.3) is 0 Å². The molecule has 1 aliphatic rings. The Morgan fingerprint density at radius 1 is 1.19 bits per heavy atom. The first-order valence-corrected chi connectivity index (χ1v) is 7.66. The lowest BCUT2D eigenvalue weighted by Gasteiger charge is -2.23. The molecule has 2 N–H and O–H groups in total. The van der Waals surface area contributed by atoms with Crippen molar-refractivity contribution in [3.63, 3.8) is 0 Å². The van der Waals surface area contributed by atoms with Gasteiger partial charge in [0.1, 0.15) is 6.04 Å². The Hall–Kier alpha value is -1.84. The molecule has 21 heavy (non-hydrogen) atoms. The zero-order chi connectivity index (χ0) is 15.2. The van der Waals surface area contributed by atoms with Crippen LogP contribution in [0.2, 0.25) is 0 Å². The van der Waals surface area contributed by atoms with Crippen LogP contribution in [-0.2, 0) is 16.1 Å². The standard InChI is InChI=1S/C17H24N2O2/c1-12-7-9-14(10-8-12)11-18-17(21)16(19-13(2)20)15-5-3-4-6-15/h7-10,15-16H,3-6,11H2,1-2H3,(H,18,21)(H,19,20). The van der Waals surface area contributed by atoms with Crippen molar-refractivity contribution < 1.29 is 9.59 Å². The van der Waals surface area contributed by atoms with Gasteiger partial charge < -0.3 is 10.6 Å². The molecule has 2 amide bonds. The van der Waals surface area contributed by atoms with Crippen molar-refractivity contribution in [3.05, 3.63) is 35.4 Å². The monoisotopic (exact) mass is 288 g/mol. The zero-order valence-electron chi connectivity index (χ0n) is 12.8. The fourth-order valence-corrected chi connectivity index (χ4v) is 2.91. The highest BCUT2D eigenvalue weighted by Crippen LogP contribution is 2.27. The van der Waals surface area contributed by atoms with E-state index in [1.54, 1.807) is 0 Å². The summed E-state index contributed by atoms with van der Waals surface area (Å²) in [7, 11) is 0. The van der Waals surface area contributed by atoms with Crippen LogP contribution in [0.25, 0.3) is 0 Å². The number of aryl methyl sites for hydroxylation is 1. The number of amides is 2. The number of hydrogen-bond acceptors (Lipinski definition) is 2. The average molecular weight is 288 g/mol. The number of rotatable bonds is 5. The third-order valence-electron chi connectivity index (χ3n) is 4.10. The van der Waals surface area contributed by atoms with Crippen molar-refractivity contribution in [1.29, 1.82) is 0 Å². The number of carbonyl (C=O) groups is 2. The maximum atomic E-state index is 12.4. The van der Waals surface area contributed by atoms with Gasteiger partial charge in [0, 0.05) is 13.5 Å². The summed E-state index contributed by atoms with van der Waals surface area (Å²) in [6.07, 6.45) is 4.32. The van der Waals surface area contributed by atoms with Crippen LogP contribution in [0.4, 0.5) is 0 Å². The molecule has 1 fully saturated rings. The van der Waals surface area contributed by atoms with E-state index in [1.807, 2.05) is 31.2 Å². The van der Waals surface area contributed by atoms with Gasteiger partial charge in [0.05, 0.1) is 0 Å². The SMILES string of the molecule is CC(=O)NC(C(=O)NCc1ccc(C)cc1)C1CCCC1. The van der Waals surface area contributed by atoms with Gasteiger partial charge in [-0.25, -0.2) is 0 Å². The molecule has 1 saturated carbocycles. The fraction of sp³-hybridized carbons (Fsp3) is 0.529. The fourth-order valence-electron chi connectivity index (χ4n) is 2.91.